The molecule has 0 fully saturated rings. The number of carbonyl (C=O) groups excluding carboxylic acids is 1. The average Bonchev–Trinajstić information content (AvgIpc) is 2.47. The molecule has 1 amide bonds. The molecule has 0 bridgehead atoms. The molecule has 0 aromatic heterocycles. The second-order valence-electron chi connectivity index (χ2n) is 4.66. The maximum Gasteiger partial charge on any atom is 0.251 e. The Labute approximate surface area is 127 Å². The van der Waals surface area contributed by atoms with E-state index >= 15 is 0 Å². The first-order chi connectivity index (χ1) is 9.70. The fourth-order valence-corrected chi connectivity index (χ4v) is 2.53. The maximum atomic E-state index is 12.1. The molecule has 1 atom stereocenters. The van der Waals surface area contributed by atoms with E-state index in [0.29, 0.717) is 18.7 Å². The SMILES string of the molecule is COCC(Br)CCNC(=O)c1ccc2ccccc2c1. The Morgan fingerprint density at radius 2 is 2.00 bits per heavy atom. The van der Waals surface area contributed by atoms with Gasteiger partial charge in [0.15, 0.2) is 0 Å². The summed E-state index contributed by atoms with van der Waals surface area (Å²) in [5.41, 5.74) is 0.696. The molecule has 0 aliphatic rings. The first-order valence-electron chi connectivity index (χ1n) is 6.60. The van der Waals surface area contributed by atoms with Crippen LogP contribution in [0.1, 0.15) is 16.8 Å². The van der Waals surface area contributed by atoms with E-state index in [4.69, 9.17) is 4.74 Å². The van der Waals surface area contributed by atoms with Gasteiger partial charge in [0.1, 0.15) is 0 Å². The number of halogens is 1. The van der Waals surface area contributed by atoms with Crippen LogP contribution in [0.4, 0.5) is 0 Å². The number of amides is 1. The molecule has 4 heteroatoms. The van der Waals surface area contributed by atoms with Crippen LogP contribution >= 0.6 is 15.9 Å². The van der Waals surface area contributed by atoms with Gasteiger partial charge in [0, 0.05) is 24.0 Å². The Morgan fingerprint density at radius 1 is 1.25 bits per heavy atom. The van der Waals surface area contributed by atoms with Gasteiger partial charge in [-0.25, -0.2) is 0 Å². The van der Waals surface area contributed by atoms with Crippen LogP contribution in [0.15, 0.2) is 42.5 Å². The third-order valence-corrected chi connectivity index (χ3v) is 3.82. The van der Waals surface area contributed by atoms with E-state index in [1.807, 2.05) is 42.5 Å². The third-order valence-electron chi connectivity index (χ3n) is 3.10. The molecule has 0 saturated carbocycles. The normalized spacial score (nSPS) is 12.3. The van der Waals surface area contributed by atoms with Crippen LogP contribution in [0.2, 0.25) is 0 Å². The van der Waals surface area contributed by atoms with Crippen LogP contribution < -0.4 is 5.32 Å². The van der Waals surface area contributed by atoms with Crippen LogP contribution in [-0.2, 0) is 4.74 Å². The van der Waals surface area contributed by atoms with Crippen LogP contribution in [0, 0.1) is 0 Å². The molecular formula is C16H18BrNO2. The van der Waals surface area contributed by atoms with Crippen molar-refractivity contribution in [3.63, 3.8) is 0 Å². The monoisotopic (exact) mass is 335 g/mol. The largest absolute Gasteiger partial charge is 0.384 e. The molecule has 0 heterocycles. The lowest BCUT2D eigenvalue weighted by Crippen LogP contribution is -2.26. The zero-order valence-electron chi connectivity index (χ0n) is 11.4. The zero-order valence-corrected chi connectivity index (χ0v) is 13.0. The molecule has 0 aliphatic heterocycles. The van der Waals surface area contributed by atoms with Gasteiger partial charge in [0.25, 0.3) is 5.91 Å². The van der Waals surface area contributed by atoms with E-state index in [0.717, 1.165) is 17.2 Å². The van der Waals surface area contributed by atoms with E-state index < -0.39 is 0 Å². The van der Waals surface area contributed by atoms with Crippen molar-refractivity contribution >= 4 is 32.6 Å². The molecule has 2 aromatic carbocycles. The molecular weight excluding hydrogens is 318 g/mol. The van der Waals surface area contributed by atoms with E-state index in [1.165, 1.54) is 0 Å². The number of carbonyl (C=O) groups is 1. The minimum Gasteiger partial charge on any atom is -0.384 e. The highest BCUT2D eigenvalue weighted by Crippen LogP contribution is 2.15. The van der Waals surface area contributed by atoms with Crippen molar-refractivity contribution < 1.29 is 9.53 Å². The van der Waals surface area contributed by atoms with Crippen LogP contribution in [-0.4, -0.2) is 31.0 Å². The summed E-state index contributed by atoms with van der Waals surface area (Å²) in [6.45, 7) is 1.27. The number of benzene rings is 2. The minimum absolute atomic E-state index is 0.0344. The first-order valence-corrected chi connectivity index (χ1v) is 7.52. The predicted octanol–water partition coefficient (Wildman–Crippen LogP) is 3.37. The van der Waals surface area contributed by atoms with Crippen LogP contribution in [0.25, 0.3) is 10.8 Å². The summed E-state index contributed by atoms with van der Waals surface area (Å²) in [5.74, 6) is -0.0344. The first kappa shape index (κ1) is 15.0. The van der Waals surface area contributed by atoms with E-state index in [9.17, 15) is 4.79 Å². The summed E-state index contributed by atoms with van der Waals surface area (Å²) in [4.78, 5) is 12.3. The van der Waals surface area contributed by atoms with Crippen LogP contribution in [0.3, 0.4) is 0 Å². The molecule has 1 unspecified atom stereocenters. The molecule has 2 aromatic rings. The van der Waals surface area contributed by atoms with Gasteiger partial charge in [-0.05, 0) is 29.3 Å². The number of ether oxygens (including phenoxy) is 1. The highest BCUT2D eigenvalue weighted by molar-refractivity contribution is 9.09. The van der Waals surface area contributed by atoms with Crippen molar-refractivity contribution in [2.24, 2.45) is 0 Å². The lowest BCUT2D eigenvalue weighted by atomic mass is 10.1. The standard InChI is InChI=1S/C16H18BrNO2/c1-20-11-15(17)8-9-18-16(19)14-7-6-12-4-2-3-5-13(12)10-14/h2-7,10,15H,8-9,11H2,1H3,(H,18,19). The fraction of sp³-hybridized carbons (Fsp3) is 0.312. The lowest BCUT2D eigenvalue weighted by molar-refractivity contribution is 0.0952. The maximum absolute atomic E-state index is 12.1. The van der Waals surface area contributed by atoms with Gasteiger partial charge in [-0.2, -0.15) is 0 Å². The Bertz CT molecular complexity index is 585. The third kappa shape index (κ3) is 4.05. The Hall–Kier alpha value is -1.39. The van der Waals surface area contributed by atoms with Crippen molar-refractivity contribution in [2.75, 3.05) is 20.3 Å². The van der Waals surface area contributed by atoms with E-state index in [1.54, 1.807) is 7.11 Å². The summed E-state index contributed by atoms with van der Waals surface area (Å²) in [6.07, 6.45) is 0.840. The topological polar surface area (TPSA) is 38.3 Å². The molecule has 0 radical (unpaired) electrons. The van der Waals surface area contributed by atoms with Crippen molar-refractivity contribution in [1.29, 1.82) is 0 Å². The summed E-state index contributed by atoms with van der Waals surface area (Å²) in [7, 11) is 1.67. The van der Waals surface area contributed by atoms with Gasteiger partial charge < -0.3 is 10.1 Å². The van der Waals surface area contributed by atoms with Gasteiger partial charge in [-0.3, -0.25) is 4.79 Å². The van der Waals surface area contributed by atoms with Crippen molar-refractivity contribution in [2.45, 2.75) is 11.2 Å². The van der Waals surface area contributed by atoms with E-state index in [-0.39, 0.29) is 10.7 Å². The second kappa shape index (κ2) is 7.41. The number of fused-ring (bicyclic) bond motifs is 1. The van der Waals surface area contributed by atoms with Gasteiger partial charge in [-0.15, -0.1) is 0 Å². The summed E-state index contributed by atoms with van der Waals surface area (Å²) in [6, 6.07) is 13.8. The van der Waals surface area contributed by atoms with Gasteiger partial charge >= 0.3 is 0 Å². The molecule has 1 N–H and O–H groups in total. The highest BCUT2D eigenvalue weighted by atomic mass is 79.9. The quantitative estimate of drug-likeness (QED) is 0.822. The van der Waals surface area contributed by atoms with Crippen molar-refractivity contribution in [3.05, 3.63) is 48.0 Å². The molecule has 20 heavy (non-hydrogen) atoms. The fourth-order valence-electron chi connectivity index (χ4n) is 2.04. The molecule has 2 rings (SSSR count). The van der Waals surface area contributed by atoms with Crippen molar-refractivity contribution in [3.8, 4) is 0 Å². The number of methoxy groups -OCH3 is 1. The summed E-state index contributed by atoms with van der Waals surface area (Å²) in [5, 5.41) is 5.15. The number of rotatable bonds is 6. The lowest BCUT2D eigenvalue weighted by Gasteiger charge is -2.10. The minimum atomic E-state index is -0.0344. The zero-order chi connectivity index (χ0) is 14.4. The smallest absolute Gasteiger partial charge is 0.251 e. The second-order valence-corrected chi connectivity index (χ2v) is 5.95. The number of alkyl halides is 1. The molecule has 0 spiro atoms. The highest BCUT2D eigenvalue weighted by Gasteiger charge is 2.08. The summed E-state index contributed by atoms with van der Waals surface area (Å²) < 4.78 is 5.03. The van der Waals surface area contributed by atoms with E-state index in [2.05, 4.69) is 21.2 Å². The Balaban J connectivity index is 1.94. The molecule has 3 nitrogen and oxygen atoms in total. The molecule has 0 saturated heterocycles. The number of hydrogen-bond donors (Lipinski definition) is 1. The number of nitrogens with one attached hydrogen (secondary N) is 1. The average molecular weight is 336 g/mol. The van der Waals surface area contributed by atoms with Crippen molar-refractivity contribution in [1.82, 2.24) is 5.32 Å². The Morgan fingerprint density at radius 3 is 2.75 bits per heavy atom. The molecule has 0 aliphatic carbocycles. The number of hydrogen-bond acceptors (Lipinski definition) is 2. The van der Waals surface area contributed by atoms with Gasteiger partial charge in [0.2, 0.25) is 0 Å². The molecule has 106 valence electrons. The summed E-state index contributed by atoms with van der Waals surface area (Å²) >= 11 is 3.50. The predicted molar refractivity (Wildman–Crippen MR) is 85.5 cm³/mol. The Kier molecular flexibility index (Phi) is 5.56. The van der Waals surface area contributed by atoms with Gasteiger partial charge in [-0.1, -0.05) is 46.3 Å². The van der Waals surface area contributed by atoms with Crippen LogP contribution in [0.5, 0.6) is 0 Å². The van der Waals surface area contributed by atoms with Gasteiger partial charge in [0.05, 0.1) is 6.61 Å².